The van der Waals surface area contributed by atoms with Gasteiger partial charge in [0.15, 0.2) is 0 Å². The Morgan fingerprint density at radius 2 is 2.25 bits per heavy atom. The smallest absolute Gasteiger partial charge is 0.103 e. The van der Waals surface area contributed by atoms with Crippen molar-refractivity contribution in [2.75, 3.05) is 18.0 Å². The van der Waals surface area contributed by atoms with Crippen LogP contribution >= 0.6 is 11.6 Å². The van der Waals surface area contributed by atoms with Crippen molar-refractivity contribution < 1.29 is 0 Å². The van der Waals surface area contributed by atoms with Gasteiger partial charge in [-0.05, 0) is 26.0 Å². The molecule has 0 heterocycles. The number of halogens is 1. The average molecular weight is 235 g/mol. The van der Waals surface area contributed by atoms with Crippen molar-refractivity contribution in [1.29, 1.82) is 5.26 Å². The van der Waals surface area contributed by atoms with Gasteiger partial charge in [0.05, 0.1) is 16.3 Å². The van der Waals surface area contributed by atoms with Gasteiger partial charge in [-0.15, -0.1) is 0 Å². The summed E-state index contributed by atoms with van der Waals surface area (Å²) in [5.74, 6) is 0. The minimum absolute atomic E-state index is 0.500. The zero-order valence-corrected chi connectivity index (χ0v) is 10.4. The molecule has 1 aromatic carbocycles. The van der Waals surface area contributed by atoms with Crippen LogP contribution in [-0.2, 0) is 0 Å². The zero-order chi connectivity index (χ0) is 12.1. The Hall–Kier alpha value is -1.46. The van der Waals surface area contributed by atoms with Gasteiger partial charge in [-0.2, -0.15) is 5.26 Å². The van der Waals surface area contributed by atoms with E-state index in [2.05, 4.69) is 17.5 Å². The van der Waals surface area contributed by atoms with Crippen LogP contribution in [0.15, 0.2) is 30.4 Å². The van der Waals surface area contributed by atoms with Crippen molar-refractivity contribution >= 4 is 17.3 Å². The molecule has 2 nitrogen and oxygen atoms in total. The molecule has 0 radical (unpaired) electrons. The van der Waals surface area contributed by atoms with Gasteiger partial charge >= 0.3 is 0 Å². The molecule has 0 aliphatic carbocycles. The predicted molar refractivity (Wildman–Crippen MR) is 68.9 cm³/mol. The van der Waals surface area contributed by atoms with E-state index in [-0.39, 0.29) is 0 Å². The van der Waals surface area contributed by atoms with E-state index < -0.39 is 0 Å². The van der Waals surface area contributed by atoms with Gasteiger partial charge in [0.1, 0.15) is 6.07 Å². The number of hydrogen-bond donors (Lipinski definition) is 0. The van der Waals surface area contributed by atoms with Gasteiger partial charge in [0.2, 0.25) is 0 Å². The molecule has 0 aliphatic rings. The van der Waals surface area contributed by atoms with Crippen molar-refractivity contribution in [1.82, 2.24) is 0 Å². The number of nitrogens with zero attached hydrogens (tertiary/aromatic N) is 2. The summed E-state index contributed by atoms with van der Waals surface area (Å²) in [7, 11) is 0. The second kappa shape index (κ2) is 5.58. The van der Waals surface area contributed by atoms with Crippen molar-refractivity contribution in [3.05, 3.63) is 40.9 Å². The number of benzene rings is 1. The summed E-state index contributed by atoms with van der Waals surface area (Å²) < 4.78 is 0. The SMILES string of the molecule is C=C(C)CN(CC)c1cccc(Cl)c1C#N. The maximum Gasteiger partial charge on any atom is 0.103 e. The monoisotopic (exact) mass is 234 g/mol. The van der Waals surface area contributed by atoms with Crippen LogP contribution in [0.2, 0.25) is 5.02 Å². The first kappa shape index (κ1) is 12.6. The van der Waals surface area contributed by atoms with Crippen molar-refractivity contribution in [3.63, 3.8) is 0 Å². The molecule has 0 atom stereocenters. The summed E-state index contributed by atoms with van der Waals surface area (Å²) in [4.78, 5) is 2.09. The van der Waals surface area contributed by atoms with E-state index in [9.17, 15) is 0 Å². The Morgan fingerprint density at radius 3 is 2.75 bits per heavy atom. The molecule has 0 saturated heterocycles. The second-order valence-corrected chi connectivity index (χ2v) is 4.12. The molecule has 16 heavy (non-hydrogen) atoms. The first-order valence-electron chi connectivity index (χ1n) is 5.18. The molecule has 1 aromatic rings. The largest absolute Gasteiger partial charge is 0.367 e. The highest BCUT2D eigenvalue weighted by atomic mass is 35.5. The molecule has 0 unspecified atom stereocenters. The summed E-state index contributed by atoms with van der Waals surface area (Å²) >= 11 is 6.00. The quantitative estimate of drug-likeness (QED) is 0.745. The second-order valence-electron chi connectivity index (χ2n) is 3.72. The Morgan fingerprint density at radius 1 is 1.56 bits per heavy atom. The van der Waals surface area contributed by atoms with Gasteiger partial charge in [0, 0.05) is 13.1 Å². The lowest BCUT2D eigenvalue weighted by atomic mass is 10.1. The van der Waals surface area contributed by atoms with Crippen molar-refractivity contribution in [2.24, 2.45) is 0 Å². The molecule has 0 spiro atoms. The lowest BCUT2D eigenvalue weighted by molar-refractivity contribution is 0.879. The molecule has 1 rings (SSSR count). The minimum atomic E-state index is 0.500. The van der Waals surface area contributed by atoms with Crippen LogP contribution in [0.25, 0.3) is 0 Å². The fourth-order valence-corrected chi connectivity index (χ4v) is 1.79. The third-order valence-corrected chi connectivity index (χ3v) is 2.60. The minimum Gasteiger partial charge on any atom is -0.367 e. The van der Waals surface area contributed by atoms with Crippen LogP contribution in [0.1, 0.15) is 19.4 Å². The van der Waals surface area contributed by atoms with Gasteiger partial charge in [0.25, 0.3) is 0 Å². The van der Waals surface area contributed by atoms with Crippen LogP contribution in [0.3, 0.4) is 0 Å². The Kier molecular flexibility index (Phi) is 4.39. The maximum atomic E-state index is 9.09. The average Bonchev–Trinajstić information content (AvgIpc) is 2.25. The lowest BCUT2D eigenvalue weighted by Crippen LogP contribution is -2.25. The number of likely N-dealkylation sites (N-methyl/N-ethyl adjacent to an activating group) is 1. The van der Waals surface area contributed by atoms with E-state index in [1.54, 1.807) is 6.07 Å². The topological polar surface area (TPSA) is 27.0 Å². The molecular formula is C13H15ClN2. The van der Waals surface area contributed by atoms with Crippen LogP contribution in [0.4, 0.5) is 5.69 Å². The highest BCUT2D eigenvalue weighted by molar-refractivity contribution is 6.32. The molecule has 0 aromatic heterocycles. The van der Waals surface area contributed by atoms with Gasteiger partial charge < -0.3 is 4.90 Å². The number of nitriles is 1. The van der Waals surface area contributed by atoms with Crippen LogP contribution in [0, 0.1) is 11.3 Å². The molecule has 84 valence electrons. The highest BCUT2D eigenvalue weighted by Crippen LogP contribution is 2.26. The van der Waals surface area contributed by atoms with Crippen LogP contribution in [0.5, 0.6) is 0 Å². The summed E-state index contributed by atoms with van der Waals surface area (Å²) in [5.41, 5.74) is 2.47. The molecule has 0 aliphatic heterocycles. The molecular weight excluding hydrogens is 220 g/mol. The van der Waals surface area contributed by atoms with E-state index in [1.807, 2.05) is 26.0 Å². The summed E-state index contributed by atoms with van der Waals surface area (Å²) in [6, 6.07) is 7.66. The van der Waals surface area contributed by atoms with Gasteiger partial charge in [-0.3, -0.25) is 0 Å². The third-order valence-electron chi connectivity index (χ3n) is 2.29. The summed E-state index contributed by atoms with van der Waals surface area (Å²) in [5, 5.41) is 9.59. The van der Waals surface area contributed by atoms with Crippen molar-refractivity contribution in [3.8, 4) is 6.07 Å². The fourth-order valence-electron chi connectivity index (χ4n) is 1.58. The Labute approximate surface area is 102 Å². The van der Waals surface area contributed by atoms with Crippen LogP contribution < -0.4 is 4.90 Å². The van der Waals surface area contributed by atoms with E-state index in [4.69, 9.17) is 16.9 Å². The fraction of sp³-hybridized carbons (Fsp3) is 0.308. The molecule has 0 amide bonds. The molecule has 0 fully saturated rings. The first-order chi connectivity index (χ1) is 7.60. The number of rotatable bonds is 4. The van der Waals surface area contributed by atoms with E-state index in [0.717, 1.165) is 24.4 Å². The number of anilines is 1. The maximum absolute atomic E-state index is 9.09. The van der Waals surface area contributed by atoms with Crippen molar-refractivity contribution in [2.45, 2.75) is 13.8 Å². The molecule has 3 heteroatoms. The predicted octanol–water partition coefficient (Wildman–Crippen LogP) is 3.61. The van der Waals surface area contributed by atoms with Gasteiger partial charge in [-0.25, -0.2) is 0 Å². The highest BCUT2D eigenvalue weighted by Gasteiger charge is 2.12. The lowest BCUT2D eigenvalue weighted by Gasteiger charge is -2.24. The normalized spacial score (nSPS) is 9.62. The molecule has 0 N–H and O–H groups in total. The Balaban J connectivity index is 3.15. The summed E-state index contributed by atoms with van der Waals surface area (Å²) in [6.07, 6.45) is 0. The Bertz CT molecular complexity index is 432. The summed E-state index contributed by atoms with van der Waals surface area (Å²) in [6.45, 7) is 9.47. The standard InChI is InChI=1S/C13H15ClN2/c1-4-16(9-10(2)3)13-7-5-6-12(14)11(13)8-15/h5-7H,2,4,9H2,1,3H3. The van der Waals surface area contributed by atoms with Crippen LogP contribution in [-0.4, -0.2) is 13.1 Å². The van der Waals surface area contributed by atoms with E-state index >= 15 is 0 Å². The van der Waals surface area contributed by atoms with E-state index in [0.29, 0.717) is 10.6 Å². The van der Waals surface area contributed by atoms with E-state index in [1.165, 1.54) is 0 Å². The molecule has 0 bridgehead atoms. The van der Waals surface area contributed by atoms with Gasteiger partial charge in [-0.1, -0.05) is 29.8 Å². The zero-order valence-electron chi connectivity index (χ0n) is 9.63. The third kappa shape index (κ3) is 2.77. The molecule has 0 saturated carbocycles. The number of hydrogen-bond acceptors (Lipinski definition) is 2. The first-order valence-corrected chi connectivity index (χ1v) is 5.55.